The van der Waals surface area contributed by atoms with Crippen molar-refractivity contribution >= 4 is 6.29 Å². The third-order valence-corrected chi connectivity index (χ3v) is 2.05. The van der Waals surface area contributed by atoms with Crippen molar-refractivity contribution < 1.29 is 14.3 Å². The molecule has 0 aliphatic rings. The molecule has 1 rings (SSSR count). The minimum absolute atomic E-state index is 0.358. The lowest BCUT2D eigenvalue weighted by molar-refractivity contribution is -0.116. The van der Waals surface area contributed by atoms with Crippen LogP contribution >= 0.6 is 0 Å². The minimum Gasteiger partial charge on any atom is -0.497 e. The molecule has 76 valence electrons. The molecular weight excluding hydrogens is 180 g/mol. The van der Waals surface area contributed by atoms with Crippen LogP contribution in [0.15, 0.2) is 24.3 Å². The number of aldehydes is 1. The van der Waals surface area contributed by atoms with Crippen LogP contribution in [0.2, 0.25) is 0 Å². The van der Waals surface area contributed by atoms with Crippen molar-refractivity contribution in [3.05, 3.63) is 29.8 Å². The van der Waals surface area contributed by atoms with E-state index in [1.54, 1.807) is 7.11 Å². The Balaban J connectivity index is 2.63. The molecule has 0 saturated carbocycles. The molecule has 3 nitrogen and oxygen atoms in total. The van der Waals surface area contributed by atoms with E-state index in [0.29, 0.717) is 6.42 Å². The molecule has 0 saturated heterocycles. The summed E-state index contributed by atoms with van der Waals surface area (Å²) in [6, 6.07) is 7.59. The zero-order valence-electron chi connectivity index (χ0n) is 8.40. The van der Waals surface area contributed by atoms with Crippen LogP contribution in [0.5, 0.6) is 5.75 Å². The van der Waals surface area contributed by atoms with Gasteiger partial charge in [-0.2, -0.15) is 0 Å². The Morgan fingerprint density at radius 2 is 1.93 bits per heavy atom. The summed E-state index contributed by atoms with van der Waals surface area (Å²) in [7, 11) is 3.15. The lowest BCUT2D eigenvalue weighted by Crippen LogP contribution is -2.15. The maximum Gasteiger partial charge on any atom is 0.149 e. The van der Waals surface area contributed by atoms with Gasteiger partial charge in [0.1, 0.15) is 18.1 Å². The molecule has 0 bridgehead atoms. The summed E-state index contributed by atoms with van der Waals surface area (Å²) < 4.78 is 9.99. The average Bonchev–Trinajstić information content (AvgIpc) is 2.26. The van der Waals surface area contributed by atoms with Crippen LogP contribution in [0.1, 0.15) is 5.56 Å². The highest BCUT2D eigenvalue weighted by Gasteiger charge is 2.06. The molecule has 0 N–H and O–H groups in total. The SMILES string of the molecule is COc1ccc(CC(C=O)OC)cc1. The van der Waals surface area contributed by atoms with Crippen LogP contribution < -0.4 is 4.74 Å². The van der Waals surface area contributed by atoms with Gasteiger partial charge in [0, 0.05) is 13.5 Å². The van der Waals surface area contributed by atoms with E-state index in [9.17, 15) is 4.79 Å². The van der Waals surface area contributed by atoms with Gasteiger partial charge in [-0.15, -0.1) is 0 Å². The fourth-order valence-corrected chi connectivity index (χ4v) is 1.18. The predicted molar refractivity (Wildman–Crippen MR) is 53.6 cm³/mol. The molecule has 0 radical (unpaired) electrons. The van der Waals surface area contributed by atoms with Crippen molar-refractivity contribution in [2.75, 3.05) is 14.2 Å². The molecule has 0 amide bonds. The molecule has 0 aromatic heterocycles. The number of carbonyl (C=O) groups excluding carboxylic acids is 1. The number of carbonyl (C=O) groups is 1. The van der Waals surface area contributed by atoms with Crippen molar-refractivity contribution in [1.82, 2.24) is 0 Å². The van der Waals surface area contributed by atoms with Gasteiger partial charge in [0.15, 0.2) is 0 Å². The van der Waals surface area contributed by atoms with Gasteiger partial charge < -0.3 is 14.3 Å². The molecule has 0 aliphatic carbocycles. The largest absolute Gasteiger partial charge is 0.497 e. The average molecular weight is 194 g/mol. The summed E-state index contributed by atoms with van der Waals surface area (Å²) in [4.78, 5) is 10.5. The monoisotopic (exact) mass is 194 g/mol. The highest BCUT2D eigenvalue weighted by atomic mass is 16.5. The summed E-state index contributed by atoms with van der Waals surface area (Å²) in [5.74, 6) is 0.814. The van der Waals surface area contributed by atoms with Gasteiger partial charge in [0.25, 0.3) is 0 Å². The Morgan fingerprint density at radius 1 is 1.29 bits per heavy atom. The van der Waals surface area contributed by atoms with Gasteiger partial charge in [-0.05, 0) is 17.7 Å². The first kappa shape index (κ1) is 10.7. The summed E-state index contributed by atoms with van der Waals surface area (Å²) in [5, 5.41) is 0. The van der Waals surface area contributed by atoms with Gasteiger partial charge in [-0.25, -0.2) is 0 Å². The second kappa shape index (κ2) is 5.40. The van der Waals surface area contributed by atoms with Crippen molar-refractivity contribution in [1.29, 1.82) is 0 Å². The van der Waals surface area contributed by atoms with Gasteiger partial charge in [0.05, 0.1) is 7.11 Å². The quantitative estimate of drug-likeness (QED) is 0.665. The van der Waals surface area contributed by atoms with Crippen molar-refractivity contribution in [2.45, 2.75) is 12.5 Å². The highest BCUT2D eigenvalue weighted by molar-refractivity contribution is 5.56. The Labute approximate surface area is 83.6 Å². The number of hydrogen-bond donors (Lipinski definition) is 0. The first-order chi connectivity index (χ1) is 6.80. The first-order valence-corrected chi connectivity index (χ1v) is 4.41. The molecule has 1 aromatic rings. The van der Waals surface area contributed by atoms with Gasteiger partial charge in [-0.3, -0.25) is 0 Å². The molecule has 1 atom stereocenters. The van der Waals surface area contributed by atoms with Gasteiger partial charge in [0.2, 0.25) is 0 Å². The summed E-state index contributed by atoms with van der Waals surface area (Å²) in [6.45, 7) is 0. The van der Waals surface area contributed by atoms with E-state index >= 15 is 0 Å². The Kier molecular flexibility index (Phi) is 4.13. The third-order valence-electron chi connectivity index (χ3n) is 2.05. The van der Waals surface area contributed by atoms with E-state index in [1.807, 2.05) is 24.3 Å². The first-order valence-electron chi connectivity index (χ1n) is 4.41. The van der Waals surface area contributed by atoms with E-state index < -0.39 is 0 Å². The molecule has 0 aliphatic heterocycles. The van der Waals surface area contributed by atoms with Crippen LogP contribution in [0.3, 0.4) is 0 Å². The van der Waals surface area contributed by atoms with Crippen molar-refractivity contribution in [2.24, 2.45) is 0 Å². The van der Waals surface area contributed by atoms with E-state index in [-0.39, 0.29) is 6.10 Å². The van der Waals surface area contributed by atoms with Crippen LogP contribution in [0.4, 0.5) is 0 Å². The molecule has 3 heteroatoms. The lowest BCUT2D eigenvalue weighted by Gasteiger charge is -2.08. The van der Waals surface area contributed by atoms with E-state index in [0.717, 1.165) is 17.6 Å². The number of ether oxygens (including phenoxy) is 2. The minimum atomic E-state index is -0.358. The number of rotatable bonds is 5. The maximum atomic E-state index is 10.5. The number of methoxy groups -OCH3 is 2. The molecule has 0 fully saturated rings. The molecule has 1 unspecified atom stereocenters. The van der Waals surface area contributed by atoms with Gasteiger partial charge >= 0.3 is 0 Å². The fourth-order valence-electron chi connectivity index (χ4n) is 1.18. The molecular formula is C11H14O3. The fraction of sp³-hybridized carbons (Fsp3) is 0.364. The lowest BCUT2D eigenvalue weighted by atomic mass is 10.1. The third kappa shape index (κ3) is 2.85. The number of benzene rings is 1. The van der Waals surface area contributed by atoms with Crippen molar-refractivity contribution in [3.8, 4) is 5.75 Å². The molecule has 0 spiro atoms. The van der Waals surface area contributed by atoms with Crippen LogP contribution in [-0.2, 0) is 16.0 Å². The van der Waals surface area contributed by atoms with Crippen LogP contribution in [-0.4, -0.2) is 26.6 Å². The molecule has 1 aromatic carbocycles. The Bertz CT molecular complexity index is 279. The predicted octanol–water partition coefficient (Wildman–Crippen LogP) is 1.45. The smallest absolute Gasteiger partial charge is 0.149 e. The summed E-state index contributed by atoms with van der Waals surface area (Å²) in [6.07, 6.45) is 1.05. The molecule has 0 heterocycles. The maximum absolute atomic E-state index is 10.5. The van der Waals surface area contributed by atoms with E-state index in [4.69, 9.17) is 9.47 Å². The summed E-state index contributed by atoms with van der Waals surface area (Å²) in [5.41, 5.74) is 1.06. The zero-order valence-corrected chi connectivity index (χ0v) is 8.40. The Morgan fingerprint density at radius 3 is 2.36 bits per heavy atom. The standard InChI is InChI=1S/C11H14O3/c1-13-10-5-3-9(4-6-10)7-11(8-12)14-2/h3-6,8,11H,7H2,1-2H3. The second-order valence-electron chi connectivity index (χ2n) is 2.96. The zero-order chi connectivity index (χ0) is 10.4. The van der Waals surface area contributed by atoms with Gasteiger partial charge in [-0.1, -0.05) is 12.1 Å². The second-order valence-corrected chi connectivity index (χ2v) is 2.96. The Hall–Kier alpha value is -1.35. The van der Waals surface area contributed by atoms with E-state index in [1.165, 1.54) is 7.11 Å². The molecule has 14 heavy (non-hydrogen) atoms. The van der Waals surface area contributed by atoms with Crippen LogP contribution in [0, 0.1) is 0 Å². The van der Waals surface area contributed by atoms with Crippen molar-refractivity contribution in [3.63, 3.8) is 0 Å². The summed E-state index contributed by atoms with van der Waals surface area (Å²) >= 11 is 0. The van der Waals surface area contributed by atoms with Crippen LogP contribution in [0.25, 0.3) is 0 Å². The topological polar surface area (TPSA) is 35.5 Å². The normalized spacial score (nSPS) is 12.1. The number of hydrogen-bond acceptors (Lipinski definition) is 3. The highest BCUT2D eigenvalue weighted by Crippen LogP contribution is 2.12. The van der Waals surface area contributed by atoms with E-state index in [2.05, 4.69) is 0 Å².